The van der Waals surface area contributed by atoms with Gasteiger partial charge >= 0.3 is 11.4 Å². The van der Waals surface area contributed by atoms with E-state index in [1.165, 1.54) is 6.07 Å². The molecule has 0 saturated heterocycles. The van der Waals surface area contributed by atoms with E-state index in [4.69, 9.17) is 16.4 Å². The topological polar surface area (TPSA) is 184 Å². The van der Waals surface area contributed by atoms with Gasteiger partial charge in [-0.2, -0.15) is 14.8 Å². The van der Waals surface area contributed by atoms with Gasteiger partial charge in [0.2, 0.25) is 11.5 Å². The maximum atomic E-state index is 13.4. The molecule has 0 fully saturated rings. The Morgan fingerprint density at radius 2 is 1.95 bits per heavy atom. The normalized spacial score (nSPS) is 10.6. The van der Waals surface area contributed by atoms with Gasteiger partial charge in [-0.3, -0.25) is 31.1 Å². The van der Waals surface area contributed by atoms with E-state index in [1.54, 1.807) is 0 Å². The van der Waals surface area contributed by atoms with E-state index >= 15 is 0 Å². The Hall–Kier alpha value is -3.62. The maximum absolute atomic E-state index is 13.4. The Bertz CT molecular complexity index is 709. The summed E-state index contributed by atoms with van der Waals surface area (Å²) in [7, 11) is 0. The molecule has 0 unspecified atom stereocenters. The van der Waals surface area contributed by atoms with Crippen molar-refractivity contribution in [3.8, 4) is 6.07 Å². The zero-order chi connectivity index (χ0) is 16.2. The fourth-order valence-electron chi connectivity index (χ4n) is 1.19. The standard InChI is InChI=1S/C9H6FN7O4/c10-4-1-5(14-15-6(3-11)9(12)13)8(17(20)21)2-7(4)16(18)19/h1-2,14H,(H3,12,13)/b15-6+. The van der Waals surface area contributed by atoms with Crippen LogP contribution in [0.3, 0.4) is 0 Å². The minimum atomic E-state index is -1.33. The van der Waals surface area contributed by atoms with Gasteiger partial charge in [-0.05, 0) is 0 Å². The highest BCUT2D eigenvalue weighted by atomic mass is 19.1. The summed E-state index contributed by atoms with van der Waals surface area (Å²) in [6, 6.07) is 2.32. The van der Waals surface area contributed by atoms with E-state index in [2.05, 4.69) is 5.10 Å². The van der Waals surface area contributed by atoms with Crippen LogP contribution in [0.1, 0.15) is 0 Å². The van der Waals surface area contributed by atoms with Crippen LogP contribution in [0, 0.1) is 42.8 Å². The molecule has 4 N–H and O–H groups in total. The summed E-state index contributed by atoms with van der Waals surface area (Å²) >= 11 is 0. The number of nitriles is 1. The van der Waals surface area contributed by atoms with Crippen molar-refractivity contribution in [2.75, 3.05) is 5.43 Å². The first kappa shape index (κ1) is 15.4. The number of hydrazone groups is 1. The molecular formula is C9H6FN7O4. The minimum absolute atomic E-state index is 0.410. The molecule has 108 valence electrons. The van der Waals surface area contributed by atoms with Crippen LogP contribution >= 0.6 is 0 Å². The summed E-state index contributed by atoms with van der Waals surface area (Å²) in [5.74, 6) is -2.04. The van der Waals surface area contributed by atoms with Gasteiger partial charge in [0.05, 0.1) is 15.9 Å². The lowest BCUT2D eigenvalue weighted by molar-refractivity contribution is -0.395. The highest BCUT2D eigenvalue weighted by Crippen LogP contribution is 2.31. The van der Waals surface area contributed by atoms with Crippen molar-refractivity contribution in [2.45, 2.75) is 0 Å². The summed E-state index contributed by atoms with van der Waals surface area (Å²) < 4.78 is 13.4. The zero-order valence-corrected chi connectivity index (χ0v) is 10.0. The molecule has 0 aliphatic rings. The molecule has 1 rings (SSSR count). The average Bonchev–Trinajstić information content (AvgIpc) is 2.38. The fraction of sp³-hybridized carbons (Fsp3) is 0. The first-order valence-corrected chi connectivity index (χ1v) is 4.98. The van der Waals surface area contributed by atoms with Gasteiger partial charge in [-0.25, -0.2) is 0 Å². The second-order valence-electron chi connectivity index (χ2n) is 3.43. The van der Waals surface area contributed by atoms with Crippen molar-refractivity contribution < 1.29 is 14.2 Å². The molecule has 0 atom stereocenters. The van der Waals surface area contributed by atoms with Gasteiger partial charge in [0.15, 0.2) is 5.84 Å². The van der Waals surface area contributed by atoms with Crippen molar-refractivity contribution in [3.63, 3.8) is 0 Å². The van der Waals surface area contributed by atoms with Crippen molar-refractivity contribution in [1.29, 1.82) is 10.7 Å². The molecular weight excluding hydrogens is 289 g/mol. The van der Waals surface area contributed by atoms with E-state index in [1.807, 2.05) is 5.43 Å². The van der Waals surface area contributed by atoms with Crippen LogP contribution in [-0.2, 0) is 0 Å². The maximum Gasteiger partial charge on any atom is 0.311 e. The number of amidine groups is 1. The van der Waals surface area contributed by atoms with Gasteiger partial charge < -0.3 is 5.73 Å². The molecule has 0 radical (unpaired) electrons. The summed E-state index contributed by atoms with van der Waals surface area (Å²) in [4.78, 5) is 19.2. The van der Waals surface area contributed by atoms with Crippen LogP contribution in [0.15, 0.2) is 17.2 Å². The third-order valence-electron chi connectivity index (χ3n) is 2.11. The predicted octanol–water partition coefficient (Wildman–Crippen LogP) is 0.870. The second-order valence-corrected chi connectivity index (χ2v) is 3.43. The number of anilines is 1. The number of hydrogen-bond acceptors (Lipinski definition) is 8. The Labute approximate surface area is 115 Å². The molecule has 0 spiro atoms. The van der Waals surface area contributed by atoms with E-state index in [9.17, 15) is 24.6 Å². The lowest BCUT2D eigenvalue weighted by Gasteiger charge is -2.03. The first-order chi connectivity index (χ1) is 9.77. The quantitative estimate of drug-likeness (QED) is 0.311. The van der Waals surface area contributed by atoms with E-state index in [-0.39, 0.29) is 0 Å². The van der Waals surface area contributed by atoms with Gasteiger partial charge in [0, 0.05) is 6.07 Å². The molecule has 0 heterocycles. The van der Waals surface area contributed by atoms with Gasteiger partial charge in [-0.1, -0.05) is 0 Å². The van der Waals surface area contributed by atoms with Gasteiger partial charge in [0.1, 0.15) is 11.8 Å². The molecule has 0 amide bonds. The van der Waals surface area contributed by atoms with Crippen LogP contribution in [-0.4, -0.2) is 21.4 Å². The second kappa shape index (κ2) is 6.02. The molecule has 0 bridgehead atoms. The van der Waals surface area contributed by atoms with Crippen LogP contribution in [0.4, 0.5) is 21.5 Å². The lowest BCUT2D eigenvalue weighted by Crippen LogP contribution is -2.22. The number of hydrogen-bond donors (Lipinski definition) is 3. The number of halogens is 1. The first-order valence-electron chi connectivity index (χ1n) is 4.98. The molecule has 21 heavy (non-hydrogen) atoms. The molecule has 0 aliphatic carbocycles. The number of benzene rings is 1. The largest absolute Gasteiger partial charge is 0.382 e. The smallest absolute Gasteiger partial charge is 0.311 e. The number of rotatable bonds is 5. The van der Waals surface area contributed by atoms with Crippen molar-refractivity contribution in [1.82, 2.24) is 0 Å². The Morgan fingerprint density at radius 1 is 1.38 bits per heavy atom. The van der Waals surface area contributed by atoms with Crippen molar-refractivity contribution in [3.05, 3.63) is 38.2 Å². The third kappa shape index (κ3) is 3.44. The van der Waals surface area contributed by atoms with Crippen LogP contribution in [0.2, 0.25) is 0 Å². The minimum Gasteiger partial charge on any atom is -0.382 e. The van der Waals surface area contributed by atoms with Crippen LogP contribution < -0.4 is 11.2 Å². The molecule has 1 aromatic carbocycles. The number of nitrogens with one attached hydrogen (secondary N) is 2. The Morgan fingerprint density at radius 3 is 2.38 bits per heavy atom. The zero-order valence-electron chi connectivity index (χ0n) is 10.0. The molecule has 11 nitrogen and oxygen atoms in total. The van der Waals surface area contributed by atoms with Gasteiger partial charge in [0.25, 0.3) is 0 Å². The molecule has 0 aliphatic heterocycles. The fourth-order valence-corrected chi connectivity index (χ4v) is 1.19. The van der Waals surface area contributed by atoms with E-state index in [0.29, 0.717) is 12.1 Å². The average molecular weight is 295 g/mol. The van der Waals surface area contributed by atoms with Crippen molar-refractivity contribution in [2.24, 2.45) is 10.8 Å². The monoisotopic (exact) mass is 295 g/mol. The third-order valence-corrected chi connectivity index (χ3v) is 2.11. The highest BCUT2D eigenvalue weighted by molar-refractivity contribution is 6.45. The number of nitro benzene ring substituents is 2. The van der Waals surface area contributed by atoms with Crippen LogP contribution in [0.25, 0.3) is 0 Å². The molecule has 12 heteroatoms. The summed E-state index contributed by atoms with van der Waals surface area (Å²) in [6.07, 6.45) is 0. The van der Waals surface area contributed by atoms with Gasteiger partial charge in [-0.15, -0.1) is 0 Å². The number of nitro groups is 2. The Kier molecular flexibility index (Phi) is 4.42. The molecule has 1 aromatic rings. The van der Waals surface area contributed by atoms with Crippen molar-refractivity contribution >= 4 is 28.6 Å². The summed E-state index contributed by atoms with van der Waals surface area (Å²) in [5.41, 5.74) is 3.94. The van der Waals surface area contributed by atoms with Crippen LogP contribution in [0.5, 0.6) is 0 Å². The summed E-state index contributed by atoms with van der Waals surface area (Å²) in [5, 5.41) is 40.2. The highest BCUT2D eigenvalue weighted by Gasteiger charge is 2.24. The van der Waals surface area contributed by atoms with E-state index in [0.717, 1.165) is 0 Å². The number of nitrogens with zero attached hydrogens (tertiary/aromatic N) is 4. The van der Waals surface area contributed by atoms with E-state index < -0.39 is 44.3 Å². The Balaban J connectivity index is 3.34. The molecule has 0 saturated carbocycles. The lowest BCUT2D eigenvalue weighted by atomic mass is 10.2. The number of nitrogens with two attached hydrogens (primary N) is 1. The predicted molar refractivity (Wildman–Crippen MR) is 68.3 cm³/mol. The molecule has 0 aromatic heterocycles. The SMILES string of the molecule is N#C/C(=N\Nc1cc(F)c([N+](=O)[O-])cc1[N+](=O)[O-])C(=N)N. The summed E-state index contributed by atoms with van der Waals surface area (Å²) in [6.45, 7) is 0.